The molecule has 1 aliphatic rings. The minimum atomic E-state index is -2.32. The molecule has 5 aromatic carbocycles. The summed E-state index contributed by atoms with van der Waals surface area (Å²) in [7, 11) is 1.37. The Balaban J connectivity index is 1.63. The van der Waals surface area contributed by atoms with Crippen LogP contribution in [0.25, 0.3) is 0 Å². The van der Waals surface area contributed by atoms with E-state index in [1.807, 2.05) is 0 Å². The van der Waals surface area contributed by atoms with Gasteiger partial charge in [0.25, 0.3) is 11.8 Å². The topological polar surface area (TPSA) is 99.5 Å². The fraction of sp³-hybridized carbons (Fsp3) is 0.179. The summed E-state index contributed by atoms with van der Waals surface area (Å²) >= 11 is 0. The zero-order valence-electron chi connectivity index (χ0n) is 27.2. The third-order valence-corrected chi connectivity index (χ3v) is 9.54. The number of carbonyl (C=O) groups excluding carboxylic acids is 2. The first-order valence-corrected chi connectivity index (χ1v) is 15.8. The second-order valence-corrected chi connectivity index (χ2v) is 12.5. The molecule has 1 aliphatic heterocycles. The van der Waals surface area contributed by atoms with Crippen LogP contribution in [0.5, 0.6) is 0 Å². The smallest absolute Gasteiger partial charge is 0.257 e. The second-order valence-electron chi connectivity index (χ2n) is 12.5. The minimum absolute atomic E-state index is 0.0795. The SMILES string of the molecule is CN1C(=O)C(CC(OO)(c2ccc(F)cc2)c2ccc(F)cc2)(CC(OO)(c2ccc(F)cc2)c2ccc(F)cc2)C(=O)N1Cc1ccccc1. The van der Waals surface area contributed by atoms with Crippen molar-refractivity contribution in [1.29, 1.82) is 0 Å². The minimum Gasteiger partial charge on any atom is -0.272 e. The first kappa shape index (κ1) is 35.4. The molecule has 262 valence electrons. The lowest BCUT2D eigenvalue weighted by Crippen LogP contribution is -2.50. The van der Waals surface area contributed by atoms with Gasteiger partial charge in [0, 0.05) is 19.9 Å². The Morgan fingerprint density at radius 1 is 0.549 bits per heavy atom. The third-order valence-electron chi connectivity index (χ3n) is 9.54. The van der Waals surface area contributed by atoms with Gasteiger partial charge in [-0.1, -0.05) is 78.9 Å². The number of benzene rings is 5. The maximum Gasteiger partial charge on any atom is 0.257 e. The van der Waals surface area contributed by atoms with E-state index < -0.39 is 64.5 Å². The molecule has 0 bridgehead atoms. The number of hydrazine groups is 1. The fourth-order valence-electron chi connectivity index (χ4n) is 6.94. The number of amides is 2. The Morgan fingerprint density at radius 2 is 0.882 bits per heavy atom. The summed E-state index contributed by atoms with van der Waals surface area (Å²) in [6.45, 7) is -0.0795. The van der Waals surface area contributed by atoms with E-state index >= 15 is 4.79 Å². The van der Waals surface area contributed by atoms with Gasteiger partial charge in [0.05, 0.1) is 6.54 Å². The Bertz CT molecular complexity index is 1800. The van der Waals surface area contributed by atoms with Crippen LogP contribution in [-0.4, -0.2) is 39.4 Å². The van der Waals surface area contributed by atoms with Gasteiger partial charge < -0.3 is 0 Å². The molecule has 1 heterocycles. The van der Waals surface area contributed by atoms with Crippen molar-refractivity contribution in [3.8, 4) is 0 Å². The lowest BCUT2D eigenvalue weighted by Gasteiger charge is -2.42. The molecule has 1 saturated heterocycles. The molecule has 0 unspecified atom stereocenters. The lowest BCUT2D eigenvalue weighted by atomic mass is 9.64. The Labute approximate surface area is 290 Å². The van der Waals surface area contributed by atoms with Crippen LogP contribution in [0.1, 0.15) is 40.7 Å². The first-order valence-electron chi connectivity index (χ1n) is 15.8. The molecule has 2 amide bonds. The quantitative estimate of drug-likeness (QED) is 0.0603. The summed E-state index contributed by atoms with van der Waals surface area (Å²) < 4.78 is 57.1. The number of carbonyl (C=O) groups is 2. The fourth-order valence-corrected chi connectivity index (χ4v) is 6.94. The molecular formula is C39H32F4N2O6. The molecule has 0 saturated carbocycles. The highest BCUT2D eigenvalue weighted by Gasteiger charge is 2.65. The average Bonchev–Trinajstić information content (AvgIpc) is 3.31. The van der Waals surface area contributed by atoms with E-state index in [1.165, 1.54) is 60.6 Å². The van der Waals surface area contributed by atoms with Crippen LogP contribution in [0.4, 0.5) is 17.6 Å². The van der Waals surface area contributed by atoms with Crippen molar-refractivity contribution < 1.29 is 47.4 Å². The van der Waals surface area contributed by atoms with E-state index in [9.17, 15) is 32.9 Å². The average molecular weight is 701 g/mol. The van der Waals surface area contributed by atoms with Crippen LogP contribution in [-0.2, 0) is 37.1 Å². The molecule has 12 heteroatoms. The van der Waals surface area contributed by atoms with Gasteiger partial charge in [0.1, 0.15) is 28.7 Å². The van der Waals surface area contributed by atoms with Gasteiger partial charge in [-0.2, -0.15) is 0 Å². The highest BCUT2D eigenvalue weighted by Crippen LogP contribution is 2.54. The Morgan fingerprint density at radius 3 is 1.20 bits per heavy atom. The number of halogens is 4. The number of nitrogens with zero attached hydrogens (tertiary/aromatic N) is 2. The van der Waals surface area contributed by atoms with Crippen LogP contribution in [0, 0.1) is 28.7 Å². The molecule has 0 aliphatic carbocycles. The summed E-state index contributed by atoms with van der Waals surface area (Å²) in [6.07, 6.45) is -1.43. The Kier molecular flexibility index (Phi) is 9.78. The van der Waals surface area contributed by atoms with Crippen LogP contribution < -0.4 is 0 Å². The van der Waals surface area contributed by atoms with Gasteiger partial charge in [-0.05, 0) is 76.3 Å². The van der Waals surface area contributed by atoms with E-state index in [-0.39, 0.29) is 28.8 Å². The van der Waals surface area contributed by atoms with Gasteiger partial charge in [-0.3, -0.25) is 25.1 Å². The molecule has 1 fully saturated rings. The molecule has 0 radical (unpaired) electrons. The number of hydrogen-bond acceptors (Lipinski definition) is 6. The Hall–Kier alpha value is -5.40. The summed E-state index contributed by atoms with van der Waals surface area (Å²) in [5.74, 6) is -4.18. The van der Waals surface area contributed by atoms with Crippen molar-refractivity contribution in [2.75, 3.05) is 7.05 Å². The predicted molar refractivity (Wildman–Crippen MR) is 176 cm³/mol. The molecule has 0 aromatic heterocycles. The van der Waals surface area contributed by atoms with E-state index in [4.69, 9.17) is 9.78 Å². The molecule has 0 spiro atoms. The van der Waals surface area contributed by atoms with Crippen LogP contribution in [0.2, 0.25) is 0 Å². The predicted octanol–water partition coefficient (Wildman–Crippen LogP) is 7.59. The van der Waals surface area contributed by atoms with Crippen molar-refractivity contribution >= 4 is 11.8 Å². The molecular weight excluding hydrogens is 668 g/mol. The summed E-state index contributed by atoms with van der Waals surface area (Å²) in [5, 5.41) is 24.1. The van der Waals surface area contributed by atoms with Gasteiger partial charge in [-0.25, -0.2) is 32.3 Å². The molecule has 2 N–H and O–H groups in total. The maximum absolute atomic E-state index is 15.1. The zero-order valence-corrected chi connectivity index (χ0v) is 27.2. The largest absolute Gasteiger partial charge is 0.272 e. The number of hydrogen-bond donors (Lipinski definition) is 2. The van der Waals surface area contributed by atoms with Crippen LogP contribution >= 0.6 is 0 Å². The summed E-state index contributed by atoms with van der Waals surface area (Å²) in [5.41, 5.74) is -5.62. The summed E-state index contributed by atoms with van der Waals surface area (Å²) in [4.78, 5) is 40.6. The van der Waals surface area contributed by atoms with Crippen molar-refractivity contribution in [2.24, 2.45) is 5.41 Å². The van der Waals surface area contributed by atoms with Crippen molar-refractivity contribution in [3.05, 3.63) is 178 Å². The zero-order chi connectivity index (χ0) is 36.4. The van der Waals surface area contributed by atoms with Crippen molar-refractivity contribution in [2.45, 2.75) is 30.6 Å². The molecule has 51 heavy (non-hydrogen) atoms. The van der Waals surface area contributed by atoms with E-state index in [2.05, 4.69) is 0 Å². The normalized spacial score (nSPS) is 14.7. The van der Waals surface area contributed by atoms with Gasteiger partial charge >= 0.3 is 0 Å². The molecule has 0 atom stereocenters. The molecule has 8 nitrogen and oxygen atoms in total. The number of rotatable bonds is 12. The standard InChI is InChI=1S/C39H32F4N2O6/c1-44-35(46)37(36(47)45(44)23-26-5-3-2-4-6-26,24-38(50-48,27-7-15-31(40)16-8-27)28-9-17-32(41)18-10-28)25-39(51-49,29-11-19-33(42)20-12-29)30-13-21-34(43)22-14-30/h2-22,48-49H,23-25H2,1H3. The van der Waals surface area contributed by atoms with E-state index in [0.717, 1.165) is 53.5 Å². The van der Waals surface area contributed by atoms with Gasteiger partial charge in [-0.15, -0.1) is 0 Å². The van der Waals surface area contributed by atoms with Gasteiger partial charge in [0.2, 0.25) is 0 Å². The monoisotopic (exact) mass is 700 g/mol. The lowest BCUT2D eigenvalue weighted by molar-refractivity contribution is -0.332. The third kappa shape index (κ3) is 6.38. The second kappa shape index (κ2) is 14.1. The van der Waals surface area contributed by atoms with Crippen molar-refractivity contribution in [1.82, 2.24) is 10.0 Å². The van der Waals surface area contributed by atoms with Crippen LogP contribution in [0.15, 0.2) is 127 Å². The maximum atomic E-state index is 15.1. The highest BCUT2D eigenvalue weighted by atomic mass is 19.1. The van der Waals surface area contributed by atoms with E-state index in [1.54, 1.807) is 30.3 Å². The van der Waals surface area contributed by atoms with E-state index in [0.29, 0.717) is 5.56 Å². The molecule has 5 aromatic rings. The first-order chi connectivity index (χ1) is 24.5. The highest BCUT2D eigenvalue weighted by molar-refractivity contribution is 6.10. The summed E-state index contributed by atoms with van der Waals surface area (Å²) in [6, 6.07) is 27.8. The molecule has 6 rings (SSSR count). The van der Waals surface area contributed by atoms with Crippen molar-refractivity contribution in [3.63, 3.8) is 0 Å². The van der Waals surface area contributed by atoms with Crippen LogP contribution in [0.3, 0.4) is 0 Å². The van der Waals surface area contributed by atoms with Gasteiger partial charge in [0.15, 0.2) is 11.2 Å².